The fraction of sp³-hybridized carbons (Fsp3) is 0.407. The van der Waals surface area contributed by atoms with E-state index in [2.05, 4.69) is 21.4 Å². The molecule has 2 aromatic carbocycles. The maximum atomic E-state index is 11.7. The van der Waals surface area contributed by atoms with Gasteiger partial charge in [-0.2, -0.15) is 23.4 Å². The van der Waals surface area contributed by atoms with Crippen molar-refractivity contribution in [1.82, 2.24) is 9.80 Å². The third-order valence-corrected chi connectivity index (χ3v) is 4.78. The molecule has 2 fully saturated rings. The van der Waals surface area contributed by atoms with Crippen molar-refractivity contribution < 1.29 is 56.5 Å². The van der Waals surface area contributed by atoms with Crippen LogP contribution in [0.25, 0.3) is 0 Å². The molecule has 0 aliphatic carbocycles. The zero-order valence-corrected chi connectivity index (χ0v) is 25.6. The van der Waals surface area contributed by atoms with Crippen LogP contribution < -0.4 is 0 Å². The number of carbonyl (C=O) groups is 2. The van der Waals surface area contributed by atoms with Crippen molar-refractivity contribution in [3.05, 3.63) is 71.8 Å². The van der Waals surface area contributed by atoms with Crippen LogP contribution in [0.2, 0.25) is 0 Å². The fourth-order valence-corrected chi connectivity index (χ4v) is 2.94. The van der Waals surface area contributed by atoms with Gasteiger partial charge in [-0.3, -0.25) is 14.4 Å². The molecule has 1 atom stereocenters. The molecule has 0 radical (unpaired) electrons. The summed E-state index contributed by atoms with van der Waals surface area (Å²) in [5.41, 5.74) is 1.98. The Morgan fingerprint density at radius 2 is 1.30 bits per heavy atom. The Hall–Kier alpha value is -3.65. The Bertz CT molecular complexity index is 1190. The molecule has 17 heteroatoms. The average molecular weight is 684 g/mol. The first kappa shape index (κ1) is 42.5. The third-order valence-electron chi connectivity index (χ3n) is 4.78. The second kappa shape index (κ2) is 22.8. The highest BCUT2D eigenvalue weighted by Gasteiger charge is 2.27. The van der Waals surface area contributed by atoms with Crippen molar-refractivity contribution >= 4 is 53.6 Å². The summed E-state index contributed by atoms with van der Waals surface area (Å²) in [7, 11) is 5.16. The molecule has 0 saturated carbocycles. The number of carbonyl (C=O) groups excluding carboxylic acids is 6. The highest BCUT2D eigenvalue weighted by Crippen LogP contribution is 2.26. The first-order chi connectivity index (χ1) is 20.2. The molecule has 14 nitrogen and oxygen atoms in total. The number of nitrogens with zero attached hydrogens (tertiary/aromatic N) is 2. The molecule has 2 heterocycles. The van der Waals surface area contributed by atoms with Gasteiger partial charge in [-0.05, 0) is 18.1 Å². The van der Waals surface area contributed by atoms with Crippen molar-refractivity contribution in [1.29, 1.82) is 0 Å². The Labute approximate surface area is 264 Å². The lowest BCUT2D eigenvalue weighted by atomic mass is 10.2. The van der Waals surface area contributed by atoms with E-state index in [0.717, 1.165) is 17.4 Å². The summed E-state index contributed by atoms with van der Waals surface area (Å²) in [4.78, 5) is 58.7. The van der Waals surface area contributed by atoms with Crippen molar-refractivity contribution in [3.8, 4) is 0 Å². The van der Waals surface area contributed by atoms with E-state index in [1.54, 1.807) is 9.80 Å². The fourth-order valence-electron chi connectivity index (χ4n) is 2.94. The lowest BCUT2D eigenvalue weighted by Gasteiger charge is -2.18. The van der Waals surface area contributed by atoms with Gasteiger partial charge in [0, 0.05) is 27.9 Å². The smallest absolute Gasteiger partial charge is 0.412 e. The van der Waals surface area contributed by atoms with Crippen LogP contribution in [0.4, 0.5) is 9.59 Å². The minimum absolute atomic E-state index is 0. The van der Waals surface area contributed by atoms with Gasteiger partial charge >= 0.3 is 24.5 Å². The van der Waals surface area contributed by atoms with Crippen molar-refractivity contribution in [2.75, 3.05) is 39.5 Å². The largest absolute Gasteiger partial charge is 0.444 e. The predicted octanol–water partition coefficient (Wildman–Crippen LogP) is 4.30. The Kier molecular flexibility index (Phi) is 22.0. The predicted molar refractivity (Wildman–Crippen MR) is 158 cm³/mol. The van der Waals surface area contributed by atoms with E-state index in [9.17, 15) is 13.8 Å². The summed E-state index contributed by atoms with van der Waals surface area (Å²) < 4.78 is 38.5. The molecule has 0 bridgehead atoms. The molecule has 0 spiro atoms. The molecule has 0 unspecified atom stereocenters. The van der Waals surface area contributed by atoms with E-state index < -0.39 is 7.77 Å². The number of rotatable bonds is 4. The van der Waals surface area contributed by atoms with Crippen LogP contribution in [0.1, 0.15) is 25.5 Å². The first-order valence-electron chi connectivity index (χ1n) is 12.1. The topological polar surface area (TPSA) is 183 Å². The number of hydrogen-bond acceptors (Lipinski definition) is 11. The zero-order valence-electron chi connectivity index (χ0n) is 23.3. The normalized spacial score (nSPS) is 15.4. The van der Waals surface area contributed by atoms with E-state index in [-0.39, 0.29) is 38.0 Å². The Morgan fingerprint density at radius 1 is 0.886 bits per heavy atom. The van der Waals surface area contributed by atoms with Crippen LogP contribution in [-0.4, -0.2) is 88.6 Å². The summed E-state index contributed by atoms with van der Waals surface area (Å²) in [5.74, 6) is 0. The second-order valence-corrected chi connectivity index (χ2v) is 15.4. The Morgan fingerprint density at radius 3 is 1.64 bits per heavy atom. The van der Waals surface area contributed by atoms with Crippen molar-refractivity contribution in [2.24, 2.45) is 0 Å². The second-order valence-electron chi connectivity index (χ2n) is 8.42. The summed E-state index contributed by atoms with van der Waals surface area (Å²) >= 11 is 0. The first-order valence-corrected chi connectivity index (χ1v) is 16.1. The summed E-state index contributed by atoms with van der Waals surface area (Å²) in [6.07, 6.45) is 0.727. The minimum Gasteiger partial charge on any atom is -0.444 e. The van der Waals surface area contributed by atoms with Crippen LogP contribution in [0.5, 0.6) is 0 Å². The van der Waals surface area contributed by atoms with Crippen molar-refractivity contribution in [3.63, 3.8) is 0 Å². The van der Waals surface area contributed by atoms with Gasteiger partial charge in [0.05, 0.1) is 25.5 Å². The zero-order chi connectivity index (χ0) is 32.8. The molecule has 1 N–H and O–H groups in total. The van der Waals surface area contributed by atoms with Gasteiger partial charge < -0.3 is 18.9 Å². The van der Waals surface area contributed by atoms with Gasteiger partial charge in [-0.25, -0.2) is 9.59 Å². The highest BCUT2D eigenvalue weighted by molar-refractivity contribution is 8.49. The number of ether oxygens (including phenoxy) is 4. The van der Waals surface area contributed by atoms with E-state index in [1.807, 2.05) is 67.6 Å². The van der Waals surface area contributed by atoms with Crippen LogP contribution in [0.15, 0.2) is 60.7 Å². The molecule has 2 saturated heterocycles. The lowest BCUT2D eigenvalue weighted by molar-refractivity contribution is -0.193. The van der Waals surface area contributed by atoms with Gasteiger partial charge in [0.2, 0.25) is 0 Å². The quantitative estimate of drug-likeness (QED) is 0.452. The average Bonchev–Trinajstić information content (AvgIpc) is 3.64. The molecule has 44 heavy (non-hydrogen) atoms. The summed E-state index contributed by atoms with van der Waals surface area (Å²) in [6.45, 7) is 5.03. The van der Waals surface area contributed by atoms with Gasteiger partial charge in [0.1, 0.15) is 26.7 Å². The van der Waals surface area contributed by atoms with Crippen molar-refractivity contribution in [2.45, 2.75) is 33.6 Å². The molecule has 4 rings (SSSR count). The van der Waals surface area contributed by atoms with Gasteiger partial charge in [0.25, 0.3) is 0 Å². The standard InChI is InChI=1S/C12H15NO3.C11H13NO3.CH4Cl2O2S.2CO2.CH4/c1-10-7-15-9-13(10)12(14)16-8-11-5-3-2-4-6-11;13-11(12-6-7-14-9-12)15-8-10-4-2-1-3-5-10;1-6(2,3,4)5;2*2-1-3;/h2-6,10H,7-9H2,1H3;1-5H,6-9H2;1H3,(H,4,5);;;1H4/t10-;;;;;/m1...../s1. The van der Waals surface area contributed by atoms with Crippen LogP contribution >= 0.6 is 21.4 Å². The Balaban J connectivity index is 0. The van der Waals surface area contributed by atoms with Gasteiger partial charge in [0.15, 0.2) is 0 Å². The summed E-state index contributed by atoms with van der Waals surface area (Å²) in [6, 6.07) is 19.3. The maximum absolute atomic E-state index is 11.7. The van der Waals surface area contributed by atoms with Crippen LogP contribution in [-0.2, 0) is 59.1 Å². The van der Waals surface area contributed by atoms with E-state index in [4.69, 9.17) is 42.7 Å². The number of hydrogen-bond donors (Lipinski definition) is 1. The molecule has 2 aliphatic rings. The molecular weight excluding hydrogens is 647 g/mol. The molecular formula is C27H36Cl2N2O12S. The van der Waals surface area contributed by atoms with E-state index in [1.165, 1.54) is 0 Å². The lowest BCUT2D eigenvalue weighted by Crippen LogP contribution is -2.34. The minimum atomic E-state index is -4.16. The molecule has 2 aliphatic heterocycles. The number of benzene rings is 2. The highest BCUT2D eigenvalue weighted by atomic mass is 36.0. The van der Waals surface area contributed by atoms with Gasteiger partial charge in [-0.1, -0.05) is 75.9 Å². The van der Waals surface area contributed by atoms with Crippen LogP contribution in [0.3, 0.4) is 0 Å². The number of halogens is 2. The van der Waals surface area contributed by atoms with E-state index in [0.29, 0.717) is 46.4 Å². The van der Waals surface area contributed by atoms with E-state index >= 15 is 0 Å². The monoisotopic (exact) mass is 682 g/mol. The summed E-state index contributed by atoms with van der Waals surface area (Å²) in [5, 5.41) is 0. The molecule has 0 aromatic heterocycles. The molecule has 246 valence electrons. The molecule has 2 amide bonds. The molecule has 2 aromatic rings. The SMILES string of the molecule is C.CS(=O)(O)(Cl)Cl.C[C@@H]1COCN1C(=O)OCc1ccccc1.O=C(OCc1ccccc1)N1CCOC1.O=C=O.O=C=O. The van der Waals surface area contributed by atoms with Gasteiger partial charge in [-0.15, -0.1) is 0 Å². The maximum Gasteiger partial charge on any atom is 0.412 e. The number of amides is 2. The van der Waals surface area contributed by atoms with Crippen LogP contribution in [0, 0.1) is 0 Å². The third kappa shape index (κ3) is 23.9.